The highest BCUT2D eigenvalue weighted by molar-refractivity contribution is 5.84. The van der Waals surface area contributed by atoms with Crippen molar-refractivity contribution in [3.8, 4) is 0 Å². The van der Waals surface area contributed by atoms with Gasteiger partial charge in [0.2, 0.25) is 11.8 Å². The average molecular weight is 409 g/mol. The molecule has 2 heterocycles. The molecule has 28 heavy (non-hydrogen) atoms. The first-order valence-corrected chi connectivity index (χ1v) is 8.18. The van der Waals surface area contributed by atoms with Crippen LogP contribution in [-0.2, 0) is 9.53 Å². The lowest BCUT2D eigenvalue weighted by molar-refractivity contribution is -0.295. The SMILES string of the molecule is CNc1cc(C(C)NC(=O)C2C=C(OCC(F)(F)C(F)(F)F)N(C)N2)ccn1. The van der Waals surface area contributed by atoms with Gasteiger partial charge in [-0.1, -0.05) is 0 Å². The summed E-state index contributed by atoms with van der Waals surface area (Å²) < 4.78 is 67.2. The summed E-state index contributed by atoms with van der Waals surface area (Å²) in [5.74, 6) is -5.21. The number of carbonyl (C=O) groups excluding carboxylic acids is 1. The number of nitrogens with zero attached hydrogens (tertiary/aromatic N) is 2. The highest BCUT2D eigenvalue weighted by Crippen LogP contribution is 2.36. The van der Waals surface area contributed by atoms with E-state index in [4.69, 9.17) is 0 Å². The molecule has 2 unspecified atom stereocenters. The molecule has 2 rings (SSSR count). The Morgan fingerprint density at radius 3 is 2.68 bits per heavy atom. The van der Waals surface area contributed by atoms with E-state index < -0.39 is 36.7 Å². The van der Waals surface area contributed by atoms with Crippen LogP contribution in [0.2, 0.25) is 0 Å². The van der Waals surface area contributed by atoms with Crippen LogP contribution in [0.5, 0.6) is 0 Å². The number of halogens is 5. The van der Waals surface area contributed by atoms with Crippen molar-refractivity contribution in [1.82, 2.24) is 20.7 Å². The number of aromatic nitrogens is 1. The second-order valence-electron chi connectivity index (χ2n) is 6.12. The van der Waals surface area contributed by atoms with Gasteiger partial charge in [0, 0.05) is 26.4 Å². The van der Waals surface area contributed by atoms with Crippen LogP contribution in [0, 0.1) is 0 Å². The van der Waals surface area contributed by atoms with E-state index >= 15 is 0 Å². The molecule has 0 fully saturated rings. The highest BCUT2D eigenvalue weighted by atomic mass is 19.4. The molecule has 0 radical (unpaired) electrons. The van der Waals surface area contributed by atoms with E-state index in [2.05, 4.69) is 25.8 Å². The number of hydrazine groups is 1. The van der Waals surface area contributed by atoms with E-state index in [0.29, 0.717) is 5.82 Å². The zero-order chi connectivity index (χ0) is 21.1. The number of anilines is 1. The second-order valence-corrected chi connectivity index (χ2v) is 6.12. The molecule has 0 aliphatic carbocycles. The molecule has 0 spiro atoms. The van der Waals surface area contributed by atoms with Crippen LogP contribution in [0.4, 0.5) is 27.8 Å². The van der Waals surface area contributed by atoms with Crippen LogP contribution in [-0.4, -0.2) is 54.7 Å². The first kappa shape index (κ1) is 21.7. The molecule has 0 saturated heterocycles. The third-order valence-electron chi connectivity index (χ3n) is 3.97. The van der Waals surface area contributed by atoms with E-state index in [0.717, 1.165) is 16.6 Å². The molecule has 1 aliphatic heterocycles. The lowest BCUT2D eigenvalue weighted by Crippen LogP contribution is -2.45. The van der Waals surface area contributed by atoms with Gasteiger partial charge in [-0.2, -0.15) is 22.0 Å². The molecule has 3 N–H and O–H groups in total. The monoisotopic (exact) mass is 409 g/mol. The molecule has 1 aromatic heterocycles. The molecule has 0 saturated carbocycles. The Hall–Kier alpha value is -2.63. The molecule has 12 heteroatoms. The Kier molecular flexibility index (Phi) is 6.32. The molecular formula is C16H20F5N5O2. The van der Waals surface area contributed by atoms with Gasteiger partial charge in [0.05, 0.1) is 6.04 Å². The largest absolute Gasteiger partial charge is 0.472 e. The van der Waals surface area contributed by atoms with Gasteiger partial charge in [-0.15, -0.1) is 0 Å². The number of nitrogens with one attached hydrogen (secondary N) is 3. The fourth-order valence-electron chi connectivity index (χ4n) is 2.33. The van der Waals surface area contributed by atoms with Crippen molar-refractivity contribution in [2.75, 3.05) is 26.0 Å². The molecule has 0 aromatic carbocycles. The molecule has 7 nitrogen and oxygen atoms in total. The quantitative estimate of drug-likeness (QED) is 0.600. The van der Waals surface area contributed by atoms with E-state index in [-0.39, 0.29) is 5.88 Å². The van der Waals surface area contributed by atoms with Crippen LogP contribution in [0.15, 0.2) is 30.3 Å². The van der Waals surface area contributed by atoms with Crippen molar-refractivity contribution < 1.29 is 31.5 Å². The minimum absolute atomic E-state index is 0.307. The number of amides is 1. The van der Waals surface area contributed by atoms with Gasteiger partial charge in [0.25, 0.3) is 0 Å². The molecule has 1 aromatic rings. The van der Waals surface area contributed by atoms with Crippen molar-refractivity contribution in [1.29, 1.82) is 0 Å². The minimum atomic E-state index is -5.72. The third kappa shape index (κ3) is 5.00. The fourth-order valence-corrected chi connectivity index (χ4v) is 2.33. The number of rotatable bonds is 7. The van der Waals surface area contributed by atoms with Gasteiger partial charge in [-0.25, -0.2) is 10.4 Å². The lowest BCUT2D eigenvalue weighted by Gasteiger charge is -2.23. The Labute approximate surface area is 157 Å². The first-order valence-electron chi connectivity index (χ1n) is 8.18. The fraction of sp³-hybridized carbons (Fsp3) is 0.500. The molecule has 1 amide bonds. The summed E-state index contributed by atoms with van der Waals surface area (Å²) in [5.41, 5.74) is 3.38. The van der Waals surface area contributed by atoms with E-state index in [9.17, 15) is 26.7 Å². The predicted octanol–water partition coefficient (Wildman–Crippen LogP) is 2.17. The third-order valence-corrected chi connectivity index (χ3v) is 3.97. The number of ether oxygens (including phenoxy) is 1. The summed E-state index contributed by atoms with van der Waals surface area (Å²) in [6.45, 7) is -0.154. The molecule has 0 bridgehead atoms. The van der Waals surface area contributed by atoms with Crippen LogP contribution >= 0.6 is 0 Å². The maximum absolute atomic E-state index is 13.0. The zero-order valence-corrected chi connectivity index (χ0v) is 15.3. The highest BCUT2D eigenvalue weighted by Gasteiger charge is 2.58. The Morgan fingerprint density at radius 2 is 2.07 bits per heavy atom. The minimum Gasteiger partial charge on any atom is -0.472 e. The van der Waals surface area contributed by atoms with Crippen molar-refractivity contribution in [2.45, 2.75) is 31.1 Å². The maximum Gasteiger partial charge on any atom is 0.456 e. The smallest absolute Gasteiger partial charge is 0.456 e. The number of pyridine rings is 1. The van der Waals surface area contributed by atoms with Crippen molar-refractivity contribution in [2.24, 2.45) is 0 Å². The van der Waals surface area contributed by atoms with Crippen LogP contribution in [0.1, 0.15) is 18.5 Å². The van der Waals surface area contributed by atoms with E-state index in [1.165, 1.54) is 7.05 Å². The van der Waals surface area contributed by atoms with Crippen LogP contribution < -0.4 is 16.1 Å². The second kappa shape index (κ2) is 8.17. The number of carbonyl (C=O) groups is 1. The van der Waals surface area contributed by atoms with E-state index in [1.54, 1.807) is 32.3 Å². The Balaban J connectivity index is 1.98. The van der Waals surface area contributed by atoms with Gasteiger partial charge >= 0.3 is 12.1 Å². The van der Waals surface area contributed by atoms with Crippen LogP contribution in [0.25, 0.3) is 0 Å². The summed E-state index contributed by atoms with van der Waals surface area (Å²) >= 11 is 0. The standard InChI is InChI=1S/C16H20F5N5O2/c1-9(10-4-5-23-12(6-10)22-2)24-14(27)11-7-13(26(3)25-11)28-8-15(17,18)16(19,20)21/h4-7,9,11,25H,8H2,1-3H3,(H,22,23)(H,24,27). The lowest BCUT2D eigenvalue weighted by atomic mass is 10.1. The van der Waals surface area contributed by atoms with Crippen molar-refractivity contribution in [3.05, 3.63) is 35.9 Å². The summed E-state index contributed by atoms with van der Waals surface area (Å²) in [7, 11) is 3.03. The van der Waals surface area contributed by atoms with Crippen molar-refractivity contribution in [3.63, 3.8) is 0 Å². The Morgan fingerprint density at radius 1 is 1.39 bits per heavy atom. The van der Waals surface area contributed by atoms with Gasteiger partial charge in [-0.3, -0.25) is 9.80 Å². The Bertz CT molecular complexity index is 740. The summed E-state index contributed by atoms with van der Waals surface area (Å²) in [6.07, 6.45) is -3.03. The van der Waals surface area contributed by atoms with Gasteiger partial charge in [0.15, 0.2) is 6.61 Å². The summed E-state index contributed by atoms with van der Waals surface area (Å²) in [4.78, 5) is 16.4. The molecular weight excluding hydrogens is 389 g/mol. The van der Waals surface area contributed by atoms with Gasteiger partial charge in [0.1, 0.15) is 11.9 Å². The summed E-state index contributed by atoms with van der Waals surface area (Å²) in [6, 6.07) is 2.06. The van der Waals surface area contributed by atoms with E-state index in [1.807, 2.05) is 0 Å². The predicted molar refractivity (Wildman–Crippen MR) is 90.1 cm³/mol. The average Bonchev–Trinajstić information content (AvgIpc) is 3.00. The zero-order valence-electron chi connectivity index (χ0n) is 15.3. The first-order chi connectivity index (χ1) is 12.9. The number of alkyl halides is 5. The van der Waals surface area contributed by atoms with Gasteiger partial charge in [-0.05, 0) is 24.6 Å². The maximum atomic E-state index is 13.0. The molecule has 1 aliphatic rings. The number of hydrogen-bond donors (Lipinski definition) is 3. The van der Waals surface area contributed by atoms with Crippen molar-refractivity contribution >= 4 is 11.7 Å². The topological polar surface area (TPSA) is 78.5 Å². The van der Waals surface area contributed by atoms with Gasteiger partial charge < -0.3 is 15.4 Å². The molecule has 2 atom stereocenters. The van der Waals surface area contributed by atoms with Crippen LogP contribution in [0.3, 0.4) is 0 Å². The normalized spacial score (nSPS) is 18.5. The molecule has 156 valence electrons. The number of hydrogen-bond acceptors (Lipinski definition) is 6. The summed E-state index contributed by atoms with van der Waals surface area (Å²) in [5, 5.41) is 6.65.